The normalized spacial score (nSPS) is 11.7. The summed E-state index contributed by atoms with van der Waals surface area (Å²) >= 11 is 0. The van der Waals surface area contributed by atoms with Gasteiger partial charge in [-0.1, -0.05) is 206 Å². The van der Waals surface area contributed by atoms with Gasteiger partial charge in [0.25, 0.3) is 0 Å². The van der Waals surface area contributed by atoms with E-state index >= 15 is 0 Å². The maximum atomic E-state index is 5.55. The molecule has 0 amide bonds. The Morgan fingerprint density at radius 2 is 0.506 bits per heavy atom. The van der Waals surface area contributed by atoms with Crippen LogP contribution < -0.4 is 0 Å². The first kappa shape index (κ1) is 46.2. The third-order valence-corrected chi connectivity index (χ3v) is 16.1. The average Bonchev–Trinajstić information content (AvgIpc) is 4.22. The number of rotatable bonds is 9. The van der Waals surface area contributed by atoms with E-state index < -0.39 is 0 Å². The molecule has 0 aliphatic heterocycles. The highest BCUT2D eigenvalue weighted by molar-refractivity contribution is 6.12. The van der Waals surface area contributed by atoms with Gasteiger partial charge < -0.3 is 9.13 Å². The molecule has 0 bridgehead atoms. The van der Waals surface area contributed by atoms with Gasteiger partial charge >= 0.3 is 0 Å². The van der Waals surface area contributed by atoms with Gasteiger partial charge in [-0.2, -0.15) is 9.97 Å². The molecule has 0 saturated heterocycles. The molecule has 0 fully saturated rings. The van der Waals surface area contributed by atoms with E-state index in [4.69, 9.17) is 15.0 Å². The summed E-state index contributed by atoms with van der Waals surface area (Å²) in [5, 5.41) is 7.08. The molecule has 0 spiro atoms. The molecule has 0 radical (unpaired) electrons. The first-order valence-electron chi connectivity index (χ1n) is 27.5. The molecule has 0 atom stereocenters. The summed E-state index contributed by atoms with van der Waals surface area (Å²) in [6.07, 6.45) is 0. The van der Waals surface area contributed by atoms with Gasteiger partial charge in [0.2, 0.25) is 5.95 Å². The highest BCUT2D eigenvalue weighted by Gasteiger charge is 2.23. The van der Waals surface area contributed by atoms with Crippen molar-refractivity contribution >= 4 is 65.4 Å². The summed E-state index contributed by atoms with van der Waals surface area (Å²) in [7, 11) is 0. The van der Waals surface area contributed by atoms with E-state index in [2.05, 4.69) is 305 Å². The largest absolute Gasteiger partial charge is 0.309 e. The zero-order valence-corrected chi connectivity index (χ0v) is 43.9. The van der Waals surface area contributed by atoms with Crippen LogP contribution >= 0.6 is 0 Å². The second kappa shape index (κ2) is 18.9. The summed E-state index contributed by atoms with van der Waals surface area (Å²) in [5.74, 6) is 1.66. The lowest BCUT2D eigenvalue weighted by Crippen LogP contribution is -2.07. The van der Waals surface area contributed by atoms with Crippen molar-refractivity contribution in [3.05, 3.63) is 291 Å². The summed E-state index contributed by atoms with van der Waals surface area (Å²) in [6.45, 7) is 0. The fourth-order valence-corrected chi connectivity index (χ4v) is 12.4. The molecule has 4 heterocycles. The lowest BCUT2D eigenvalue weighted by Gasteiger charge is -2.18. The zero-order chi connectivity index (χ0) is 53.4. The van der Waals surface area contributed by atoms with Gasteiger partial charge in [0.1, 0.15) is 0 Å². The van der Waals surface area contributed by atoms with E-state index in [1.807, 2.05) is 0 Å². The number of aromatic nitrogens is 6. The molecule has 16 aromatic rings. The fraction of sp³-hybridized carbons (Fsp3) is 0. The van der Waals surface area contributed by atoms with Crippen LogP contribution in [-0.4, -0.2) is 28.7 Å². The van der Waals surface area contributed by atoms with Crippen molar-refractivity contribution in [1.29, 1.82) is 0 Å². The predicted molar refractivity (Wildman–Crippen MR) is 335 cm³/mol. The van der Waals surface area contributed by atoms with Gasteiger partial charge in [0.05, 0.1) is 44.5 Å². The third kappa shape index (κ3) is 7.68. The van der Waals surface area contributed by atoms with Crippen LogP contribution in [0.5, 0.6) is 0 Å². The number of para-hydroxylation sites is 6. The number of nitrogens with zero attached hydrogens (tertiary/aromatic N) is 6. The van der Waals surface area contributed by atoms with Crippen molar-refractivity contribution in [3.8, 4) is 84.6 Å². The van der Waals surface area contributed by atoms with E-state index in [1.165, 1.54) is 32.7 Å². The van der Waals surface area contributed by atoms with Crippen molar-refractivity contribution in [2.45, 2.75) is 0 Å². The molecule has 0 aliphatic rings. The van der Waals surface area contributed by atoms with E-state index in [1.54, 1.807) is 0 Å². The van der Waals surface area contributed by atoms with Crippen molar-refractivity contribution < 1.29 is 0 Å². The SMILES string of the molecule is c1ccc(-c2cccc(-c3cccc(-c4cc(-c5nc(-c6ccc(-n7c8ccccc8c8ccccc87)c(-c7ccccc7)c6)nc(-n6c7ccccc7c7ccccc76)n5)ccc4-n4c5ccccc5c5ccccc54)c3)c2)cc1. The first-order chi connectivity index (χ1) is 40.2. The van der Waals surface area contributed by atoms with Gasteiger partial charge in [0.15, 0.2) is 11.6 Å². The monoisotopic (exact) mass is 1030 g/mol. The van der Waals surface area contributed by atoms with Crippen LogP contribution in [0.25, 0.3) is 150 Å². The molecule has 16 rings (SSSR count). The molecule has 81 heavy (non-hydrogen) atoms. The maximum Gasteiger partial charge on any atom is 0.238 e. The van der Waals surface area contributed by atoms with Gasteiger partial charge in [-0.3, -0.25) is 4.57 Å². The Hall–Kier alpha value is -11.0. The first-order valence-corrected chi connectivity index (χ1v) is 27.5. The molecular weight excluding hydrogens is 985 g/mol. The van der Waals surface area contributed by atoms with Gasteiger partial charge in [-0.25, -0.2) is 4.98 Å². The Morgan fingerprint density at radius 3 is 0.926 bits per heavy atom. The van der Waals surface area contributed by atoms with Gasteiger partial charge in [0, 0.05) is 54.6 Å². The molecule has 0 unspecified atom stereocenters. The van der Waals surface area contributed by atoms with Crippen molar-refractivity contribution in [1.82, 2.24) is 28.7 Å². The Balaban J connectivity index is 0.943. The summed E-state index contributed by atoms with van der Waals surface area (Å²) in [4.78, 5) is 16.6. The predicted octanol–water partition coefficient (Wildman–Crippen LogP) is 19.2. The minimum absolute atomic E-state index is 0.536. The molecule has 0 saturated carbocycles. The lowest BCUT2D eigenvalue weighted by atomic mass is 9.94. The highest BCUT2D eigenvalue weighted by Crippen LogP contribution is 2.42. The standard InChI is InChI=1S/C75H48N6/c1-3-21-49(22-4-1)51-25-19-26-52(45-51)53-27-20-28-54(46-53)64-48-56(42-44-72(64)80-67-37-15-9-31-59(67)60-32-10-16-38-68(60)80)74-76-73(77-75(78-74)81-69-39-17-11-33-61(69)62-34-12-18-40-70(62)81)55-41-43-71(63(47-55)50-23-5-2-6-24-50)79-65-35-13-7-29-57(65)58-30-8-14-36-66(58)79/h1-48H. The van der Waals surface area contributed by atoms with Crippen LogP contribution in [0.2, 0.25) is 0 Å². The smallest absolute Gasteiger partial charge is 0.238 e. The number of fused-ring (bicyclic) bond motifs is 9. The van der Waals surface area contributed by atoms with Crippen LogP contribution in [0.3, 0.4) is 0 Å². The number of hydrogen-bond acceptors (Lipinski definition) is 3. The van der Waals surface area contributed by atoms with E-state index in [0.717, 1.165) is 99.8 Å². The van der Waals surface area contributed by atoms with E-state index in [-0.39, 0.29) is 0 Å². The van der Waals surface area contributed by atoms with Crippen molar-refractivity contribution in [2.24, 2.45) is 0 Å². The second-order valence-corrected chi connectivity index (χ2v) is 20.7. The molecule has 378 valence electrons. The number of hydrogen-bond donors (Lipinski definition) is 0. The van der Waals surface area contributed by atoms with Crippen molar-refractivity contribution in [2.75, 3.05) is 0 Å². The topological polar surface area (TPSA) is 53.5 Å². The Morgan fingerprint density at radius 1 is 0.198 bits per heavy atom. The summed E-state index contributed by atoms with van der Waals surface area (Å²) in [6, 6.07) is 104. The molecule has 0 N–H and O–H groups in total. The van der Waals surface area contributed by atoms with Gasteiger partial charge in [-0.15, -0.1) is 0 Å². The number of benzene rings is 12. The molecule has 12 aromatic carbocycles. The fourth-order valence-electron chi connectivity index (χ4n) is 12.4. The quantitative estimate of drug-likeness (QED) is 0.145. The van der Waals surface area contributed by atoms with Gasteiger partial charge in [-0.05, 0) is 118 Å². The van der Waals surface area contributed by atoms with Crippen LogP contribution in [0.15, 0.2) is 291 Å². The minimum Gasteiger partial charge on any atom is -0.309 e. The van der Waals surface area contributed by atoms with Crippen LogP contribution in [0.4, 0.5) is 0 Å². The Kier molecular flexibility index (Phi) is 10.8. The van der Waals surface area contributed by atoms with E-state index in [0.29, 0.717) is 17.6 Å². The van der Waals surface area contributed by atoms with Crippen LogP contribution in [-0.2, 0) is 0 Å². The summed E-state index contributed by atoms with van der Waals surface area (Å²) in [5.41, 5.74) is 19.3. The minimum atomic E-state index is 0.536. The van der Waals surface area contributed by atoms with Crippen molar-refractivity contribution in [3.63, 3.8) is 0 Å². The van der Waals surface area contributed by atoms with Crippen LogP contribution in [0, 0.1) is 0 Å². The molecule has 0 aliphatic carbocycles. The Labute approximate surface area is 467 Å². The second-order valence-electron chi connectivity index (χ2n) is 20.7. The van der Waals surface area contributed by atoms with Crippen LogP contribution in [0.1, 0.15) is 0 Å². The Bertz CT molecular complexity index is 4960. The molecule has 6 nitrogen and oxygen atoms in total. The maximum absolute atomic E-state index is 5.55. The highest BCUT2D eigenvalue weighted by atomic mass is 15.2. The molecule has 6 heteroatoms. The zero-order valence-electron chi connectivity index (χ0n) is 43.9. The lowest BCUT2D eigenvalue weighted by molar-refractivity contribution is 0.953. The molecular formula is C75H48N6. The summed E-state index contributed by atoms with van der Waals surface area (Å²) < 4.78 is 7.01. The molecule has 4 aromatic heterocycles. The third-order valence-electron chi connectivity index (χ3n) is 16.1. The van der Waals surface area contributed by atoms with E-state index in [9.17, 15) is 0 Å². The average molecular weight is 1030 g/mol.